The first kappa shape index (κ1) is 14.9. The molecule has 4 nitrogen and oxygen atoms in total. The molecule has 0 bridgehead atoms. The van der Waals surface area contributed by atoms with E-state index in [1.807, 2.05) is 6.92 Å². The molecule has 2 aliphatic rings. The van der Waals surface area contributed by atoms with Gasteiger partial charge in [0.1, 0.15) is 0 Å². The third-order valence-corrected chi connectivity index (χ3v) is 7.03. The highest BCUT2D eigenvalue weighted by molar-refractivity contribution is 7.89. The fraction of sp³-hybridized carbons (Fsp3) is 0.625. The highest BCUT2D eigenvalue weighted by Crippen LogP contribution is 2.46. The van der Waals surface area contributed by atoms with Crippen LogP contribution < -0.4 is 5.73 Å². The molecule has 1 heterocycles. The molecule has 0 amide bonds. The third-order valence-electron chi connectivity index (χ3n) is 5.16. The molecule has 0 aromatic heterocycles. The number of aryl methyl sites for hydroxylation is 1. The molecule has 1 saturated heterocycles. The van der Waals surface area contributed by atoms with E-state index in [-0.39, 0.29) is 0 Å². The summed E-state index contributed by atoms with van der Waals surface area (Å²) >= 11 is 0. The Labute approximate surface area is 127 Å². The zero-order chi connectivity index (χ0) is 15.1. The normalized spacial score (nSPS) is 22.7. The van der Waals surface area contributed by atoms with Crippen molar-refractivity contribution in [2.45, 2.75) is 50.3 Å². The first-order chi connectivity index (χ1) is 9.91. The second kappa shape index (κ2) is 5.29. The second-order valence-corrected chi connectivity index (χ2v) is 8.63. The average molecular weight is 308 g/mol. The van der Waals surface area contributed by atoms with Crippen molar-refractivity contribution in [1.82, 2.24) is 4.31 Å². The maximum Gasteiger partial charge on any atom is 0.243 e. The van der Waals surface area contributed by atoms with Crippen molar-refractivity contribution in [2.75, 3.05) is 18.8 Å². The van der Waals surface area contributed by atoms with E-state index >= 15 is 0 Å². The summed E-state index contributed by atoms with van der Waals surface area (Å²) in [4.78, 5) is 0.336. The molecule has 3 rings (SSSR count). The van der Waals surface area contributed by atoms with Crippen LogP contribution in [-0.2, 0) is 10.0 Å². The van der Waals surface area contributed by atoms with Crippen molar-refractivity contribution in [3.05, 3.63) is 23.8 Å². The molecule has 0 radical (unpaired) electrons. The molecule has 1 aromatic carbocycles. The standard InChI is InChI=1S/C16H24N2O2S/c1-13-10-14(17)12-15(11-13)21(19,20)18-8-6-16(7-9-18)4-2-3-5-16/h10-12H,2-9,17H2,1H3. The molecule has 1 aliphatic carbocycles. The number of anilines is 1. The van der Waals surface area contributed by atoms with Crippen LogP contribution >= 0.6 is 0 Å². The summed E-state index contributed by atoms with van der Waals surface area (Å²) in [6, 6.07) is 5.08. The smallest absolute Gasteiger partial charge is 0.243 e. The minimum absolute atomic E-state index is 0.336. The minimum atomic E-state index is -3.40. The van der Waals surface area contributed by atoms with Crippen LogP contribution in [-0.4, -0.2) is 25.8 Å². The van der Waals surface area contributed by atoms with Crippen molar-refractivity contribution in [3.63, 3.8) is 0 Å². The Balaban J connectivity index is 1.80. The van der Waals surface area contributed by atoms with Crippen molar-refractivity contribution in [1.29, 1.82) is 0 Å². The maximum absolute atomic E-state index is 12.8. The van der Waals surface area contributed by atoms with E-state index in [4.69, 9.17) is 5.73 Å². The second-order valence-electron chi connectivity index (χ2n) is 6.69. The van der Waals surface area contributed by atoms with E-state index in [0.29, 0.717) is 29.1 Å². The van der Waals surface area contributed by atoms with Gasteiger partial charge in [-0.15, -0.1) is 0 Å². The Bertz CT molecular complexity index is 603. The molecule has 0 atom stereocenters. The SMILES string of the molecule is Cc1cc(N)cc(S(=O)(=O)N2CCC3(CCCC3)CC2)c1. The maximum atomic E-state index is 12.8. The van der Waals surface area contributed by atoms with Gasteiger partial charge in [0.2, 0.25) is 10.0 Å². The summed E-state index contributed by atoms with van der Waals surface area (Å²) < 4.78 is 27.2. The Kier molecular flexibility index (Phi) is 3.74. The van der Waals surface area contributed by atoms with E-state index in [1.54, 1.807) is 22.5 Å². The molecular weight excluding hydrogens is 284 g/mol. The summed E-state index contributed by atoms with van der Waals surface area (Å²) in [7, 11) is -3.40. The van der Waals surface area contributed by atoms with Crippen LogP contribution in [0.3, 0.4) is 0 Å². The highest BCUT2D eigenvalue weighted by Gasteiger charge is 2.40. The molecule has 2 N–H and O–H groups in total. The van der Waals surface area contributed by atoms with Crippen molar-refractivity contribution in [3.8, 4) is 0 Å². The van der Waals surface area contributed by atoms with Gasteiger partial charge in [0, 0.05) is 18.8 Å². The molecule has 2 fully saturated rings. The zero-order valence-electron chi connectivity index (χ0n) is 12.6. The monoisotopic (exact) mass is 308 g/mol. The summed E-state index contributed by atoms with van der Waals surface area (Å²) in [6.45, 7) is 3.17. The predicted octanol–water partition coefficient (Wildman–Crippen LogP) is 2.92. The molecule has 1 aliphatic heterocycles. The largest absolute Gasteiger partial charge is 0.399 e. The molecule has 21 heavy (non-hydrogen) atoms. The van der Waals surface area contributed by atoms with Gasteiger partial charge in [-0.1, -0.05) is 12.8 Å². The van der Waals surface area contributed by atoms with Gasteiger partial charge >= 0.3 is 0 Å². The lowest BCUT2D eigenvalue weighted by Crippen LogP contribution is -2.42. The van der Waals surface area contributed by atoms with Crippen LogP contribution in [0.1, 0.15) is 44.1 Å². The number of sulfonamides is 1. The number of hydrogen-bond donors (Lipinski definition) is 1. The van der Waals surface area contributed by atoms with Gasteiger partial charge in [0.15, 0.2) is 0 Å². The van der Waals surface area contributed by atoms with Crippen molar-refractivity contribution < 1.29 is 8.42 Å². The molecular formula is C16H24N2O2S. The zero-order valence-corrected chi connectivity index (χ0v) is 13.5. The summed E-state index contributed by atoms with van der Waals surface area (Å²) in [5, 5.41) is 0. The first-order valence-electron chi connectivity index (χ1n) is 7.79. The molecule has 1 aromatic rings. The van der Waals surface area contributed by atoms with Crippen LogP contribution in [0.2, 0.25) is 0 Å². The predicted molar refractivity (Wildman–Crippen MR) is 84.5 cm³/mol. The summed E-state index contributed by atoms with van der Waals surface area (Å²) in [5.74, 6) is 0. The van der Waals surface area contributed by atoms with Gasteiger partial charge in [0.25, 0.3) is 0 Å². The van der Waals surface area contributed by atoms with E-state index in [1.165, 1.54) is 25.7 Å². The lowest BCUT2D eigenvalue weighted by molar-refractivity contribution is 0.160. The quantitative estimate of drug-likeness (QED) is 0.854. The number of nitrogens with two attached hydrogens (primary N) is 1. The van der Waals surface area contributed by atoms with E-state index in [2.05, 4.69) is 0 Å². The molecule has 0 unspecified atom stereocenters. The van der Waals surface area contributed by atoms with E-state index in [0.717, 1.165) is 18.4 Å². The average Bonchev–Trinajstić information content (AvgIpc) is 2.86. The lowest BCUT2D eigenvalue weighted by Gasteiger charge is -2.38. The Morgan fingerprint density at radius 1 is 1.05 bits per heavy atom. The van der Waals surface area contributed by atoms with Gasteiger partial charge in [-0.3, -0.25) is 0 Å². The van der Waals surface area contributed by atoms with Crippen LogP contribution in [0.25, 0.3) is 0 Å². The lowest BCUT2D eigenvalue weighted by atomic mass is 9.78. The minimum Gasteiger partial charge on any atom is -0.399 e. The first-order valence-corrected chi connectivity index (χ1v) is 9.23. The molecule has 116 valence electrons. The summed E-state index contributed by atoms with van der Waals surface area (Å²) in [6.07, 6.45) is 7.18. The number of benzene rings is 1. The van der Waals surface area contributed by atoms with Gasteiger partial charge in [-0.2, -0.15) is 4.31 Å². The topological polar surface area (TPSA) is 63.4 Å². The van der Waals surface area contributed by atoms with Crippen LogP contribution in [0.5, 0.6) is 0 Å². The van der Waals surface area contributed by atoms with Gasteiger partial charge in [0.05, 0.1) is 4.90 Å². The number of nitrogens with zero attached hydrogens (tertiary/aromatic N) is 1. The molecule has 5 heteroatoms. The van der Waals surface area contributed by atoms with E-state index < -0.39 is 10.0 Å². The van der Waals surface area contributed by atoms with Crippen molar-refractivity contribution in [2.24, 2.45) is 5.41 Å². The van der Waals surface area contributed by atoms with Crippen LogP contribution in [0.15, 0.2) is 23.1 Å². The molecule has 1 saturated carbocycles. The summed E-state index contributed by atoms with van der Waals surface area (Å²) in [5.41, 5.74) is 7.62. The highest BCUT2D eigenvalue weighted by atomic mass is 32.2. The van der Waals surface area contributed by atoms with Crippen LogP contribution in [0, 0.1) is 12.3 Å². The Morgan fingerprint density at radius 3 is 2.24 bits per heavy atom. The van der Waals surface area contributed by atoms with Gasteiger partial charge in [-0.25, -0.2) is 8.42 Å². The molecule has 1 spiro atoms. The third kappa shape index (κ3) is 2.81. The van der Waals surface area contributed by atoms with Gasteiger partial charge < -0.3 is 5.73 Å². The van der Waals surface area contributed by atoms with Crippen LogP contribution in [0.4, 0.5) is 5.69 Å². The van der Waals surface area contributed by atoms with E-state index in [9.17, 15) is 8.42 Å². The number of hydrogen-bond acceptors (Lipinski definition) is 3. The number of rotatable bonds is 2. The Hall–Kier alpha value is -1.07. The number of nitrogen functional groups attached to an aromatic ring is 1. The Morgan fingerprint density at radius 2 is 1.67 bits per heavy atom. The van der Waals surface area contributed by atoms with Gasteiger partial charge in [-0.05, 0) is 61.8 Å². The number of piperidine rings is 1. The fourth-order valence-corrected chi connectivity index (χ4v) is 5.48. The van der Waals surface area contributed by atoms with Crippen molar-refractivity contribution >= 4 is 15.7 Å². The fourth-order valence-electron chi connectivity index (χ4n) is 3.90.